The first-order valence-electron chi connectivity index (χ1n) is 9.44. The molecule has 1 aromatic carbocycles. The third-order valence-electron chi connectivity index (χ3n) is 4.56. The number of aryl methyl sites for hydroxylation is 2. The minimum Gasteiger partial charge on any atom is -0.364 e. The molecule has 0 unspecified atom stereocenters. The van der Waals surface area contributed by atoms with Gasteiger partial charge < -0.3 is 15.2 Å². The average Bonchev–Trinajstić information content (AvgIpc) is 3.25. The van der Waals surface area contributed by atoms with Crippen molar-refractivity contribution in [1.82, 2.24) is 24.5 Å². The van der Waals surface area contributed by atoms with Gasteiger partial charge in [-0.1, -0.05) is 18.2 Å². The van der Waals surface area contributed by atoms with Gasteiger partial charge in [-0.2, -0.15) is 0 Å². The van der Waals surface area contributed by atoms with E-state index in [1.807, 2.05) is 48.0 Å². The van der Waals surface area contributed by atoms with E-state index in [9.17, 15) is 10.1 Å². The summed E-state index contributed by atoms with van der Waals surface area (Å²) in [7, 11) is 0. The van der Waals surface area contributed by atoms with Gasteiger partial charge in [-0.05, 0) is 25.5 Å². The molecule has 0 saturated heterocycles. The van der Waals surface area contributed by atoms with E-state index in [1.165, 1.54) is 6.33 Å². The third-order valence-corrected chi connectivity index (χ3v) is 4.56. The third kappa shape index (κ3) is 4.17. The smallest absolute Gasteiger partial charge is 0.353 e. The van der Waals surface area contributed by atoms with Gasteiger partial charge in [-0.3, -0.25) is 15.1 Å². The highest BCUT2D eigenvalue weighted by atomic mass is 16.6. The Morgan fingerprint density at radius 1 is 1.17 bits per heavy atom. The number of hydrogen-bond donors (Lipinski definition) is 2. The molecule has 0 amide bonds. The molecule has 3 aromatic heterocycles. The molecular weight excluding hydrogens is 384 g/mol. The molecule has 30 heavy (non-hydrogen) atoms. The van der Waals surface area contributed by atoms with Gasteiger partial charge in [0.25, 0.3) is 0 Å². The summed E-state index contributed by atoms with van der Waals surface area (Å²) in [5.41, 5.74) is 2.02. The van der Waals surface area contributed by atoms with E-state index >= 15 is 0 Å². The van der Waals surface area contributed by atoms with Crippen molar-refractivity contribution >= 4 is 33.9 Å². The summed E-state index contributed by atoms with van der Waals surface area (Å²) >= 11 is 0. The van der Waals surface area contributed by atoms with Crippen LogP contribution in [0.3, 0.4) is 0 Å². The first-order chi connectivity index (χ1) is 14.6. The van der Waals surface area contributed by atoms with E-state index in [1.54, 1.807) is 12.5 Å². The number of nitrogens with one attached hydrogen (secondary N) is 2. The highest BCUT2D eigenvalue weighted by molar-refractivity contribution is 5.93. The van der Waals surface area contributed by atoms with Crippen LogP contribution in [0.1, 0.15) is 12.1 Å². The van der Waals surface area contributed by atoms with E-state index in [2.05, 4.69) is 30.6 Å². The van der Waals surface area contributed by atoms with Crippen molar-refractivity contribution in [2.24, 2.45) is 0 Å². The van der Waals surface area contributed by atoms with Crippen LogP contribution < -0.4 is 10.6 Å². The van der Waals surface area contributed by atoms with Crippen LogP contribution in [0.4, 0.5) is 23.0 Å². The van der Waals surface area contributed by atoms with Gasteiger partial charge >= 0.3 is 5.69 Å². The molecule has 2 N–H and O–H groups in total. The quantitative estimate of drug-likeness (QED) is 0.259. The molecule has 0 aliphatic rings. The monoisotopic (exact) mass is 404 g/mol. The number of benzene rings is 1. The van der Waals surface area contributed by atoms with E-state index < -0.39 is 4.92 Å². The Hall–Kier alpha value is -4.08. The molecule has 3 heterocycles. The summed E-state index contributed by atoms with van der Waals surface area (Å²) in [6, 6.07) is 9.51. The van der Waals surface area contributed by atoms with Crippen LogP contribution in [0.2, 0.25) is 0 Å². The van der Waals surface area contributed by atoms with Gasteiger partial charge in [-0.15, -0.1) is 0 Å². The summed E-state index contributed by atoms with van der Waals surface area (Å²) < 4.78 is 1.94. The first kappa shape index (κ1) is 19.2. The predicted molar refractivity (Wildman–Crippen MR) is 114 cm³/mol. The normalized spacial score (nSPS) is 10.8. The zero-order valence-electron chi connectivity index (χ0n) is 16.3. The van der Waals surface area contributed by atoms with Gasteiger partial charge in [-0.25, -0.2) is 15.0 Å². The van der Waals surface area contributed by atoms with Gasteiger partial charge in [0.2, 0.25) is 11.6 Å². The molecule has 0 aliphatic heterocycles. The van der Waals surface area contributed by atoms with Gasteiger partial charge in [0.05, 0.1) is 22.5 Å². The number of para-hydroxylation sites is 1. The second kappa shape index (κ2) is 8.52. The Labute approximate surface area is 172 Å². The van der Waals surface area contributed by atoms with Gasteiger partial charge in [0.1, 0.15) is 6.33 Å². The summed E-state index contributed by atoms with van der Waals surface area (Å²) in [6.07, 6.45) is 7.37. The second-order valence-corrected chi connectivity index (χ2v) is 6.71. The second-order valence-electron chi connectivity index (χ2n) is 6.71. The van der Waals surface area contributed by atoms with Crippen LogP contribution in [0.5, 0.6) is 0 Å². The molecular formula is C20H20N8O2. The minimum atomic E-state index is -0.482. The molecule has 0 saturated carbocycles. The van der Waals surface area contributed by atoms with E-state index in [4.69, 9.17) is 0 Å². The van der Waals surface area contributed by atoms with E-state index in [0.717, 1.165) is 29.6 Å². The van der Waals surface area contributed by atoms with Gasteiger partial charge in [0.15, 0.2) is 0 Å². The Morgan fingerprint density at radius 3 is 2.83 bits per heavy atom. The largest absolute Gasteiger partial charge is 0.364 e. The van der Waals surface area contributed by atoms with Crippen LogP contribution in [-0.4, -0.2) is 36.0 Å². The molecule has 0 atom stereocenters. The van der Waals surface area contributed by atoms with Crippen molar-refractivity contribution in [3.05, 3.63) is 71.2 Å². The number of pyridine rings is 1. The van der Waals surface area contributed by atoms with Gasteiger partial charge in [0, 0.05) is 36.6 Å². The molecule has 0 bridgehead atoms. The van der Waals surface area contributed by atoms with Crippen LogP contribution in [0.25, 0.3) is 10.9 Å². The lowest BCUT2D eigenvalue weighted by molar-refractivity contribution is -0.383. The molecule has 0 fully saturated rings. The minimum absolute atomic E-state index is 0.114. The average molecular weight is 404 g/mol. The maximum atomic E-state index is 11.8. The van der Waals surface area contributed by atoms with Crippen molar-refractivity contribution < 1.29 is 4.92 Å². The molecule has 152 valence electrons. The number of nitrogens with zero attached hydrogens (tertiary/aromatic N) is 6. The Balaban J connectivity index is 1.57. The topological polar surface area (TPSA) is 124 Å². The maximum absolute atomic E-state index is 11.8. The van der Waals surface area contributed by atoms with Crippen LogP contribution in [0, 0.1) is 17.0 Å². The molecule has 4 rings (SSSR count). The highest BCUT2D eigenvalue weighted by Crippen LogP contribution is 2.33. The standard InChI is InChI=1S/C20H20N8O2/c1-14-6-7-15-4-2-5-16(17(15)25-14)26-20-18(28(29)30)19(23-12-24-20)22-8-3-10-27-11-9-21-13-27/h2,4-7,9,11-13H,3,8,10H2,1H3,(H2,22,23,24,26). The maximum Gasteiger partial charge on any atom is 0.353 e. The molecule has 0 radical (unpaired) electrons. The predicted octanol–water partition coefficient (Wildman–Crippen LogP) is 3.68. The number of hydrogen-bond acceptors (Lipinski definition) is 8. The number of anilines is 3. The molecule has 10 nitrogen and oxygen atoms in total. The lowest BCUT2D eigenvalue weighted by atomic mass is 10.1. The van der Waals surface area contributed by atoms with Crippen molar-refractivity contribution in [3.63, 3.8) is 0 Å². The number of fused-ring (bicyclic) bond motifs is 1. The highest BCUT2D eigenvalue weighted by Gasteiger charge is 2.23. The van der Waals surface area contributed by atoms with Crippen molar-refractivity contribution in [2.75, 3.05) is 17.2 Å². The Kier molecular flexibility index (Phi) is 5.46. The molecule has 0 aliphatic carbocycles. The number of aromatic nitrogens is 5. The lowest BCUT2D eigenvalue weighted by Crippen LogP contribution is -2.11. The van der Waals surface area contributed by atoms with Crippen LogP contribution >= 0.6 is 0 Å². The fourth-order valence-corrected chi connectivity index (χ4v) is 3.13. The van der Waals surface area contributed by atoms with Crippen molar-refractivity contribution in [1.29, 1.82) is 0 Å². The Morgan fingerprint density at radius 2 is 2.03 bits per heavy atom. The van der Waals surface area contributed by atoms with Crippen molar-refractivity contribution in [2.45, 2.75) is 19.9 Å². The molecule has 0 spiro atoms. The lowest BCUT2D eigenvalue weighted by Gasteiger charge is -2.11. The zero-order chi connectivity index (χ0) is 20.9. The summed E-state index contributed by atoms with van der Waals surface area (Å²) in [5, 5.41) is 18.8. The summed E-state index contributed by atoms with van der Waals surface area (Å²) in [6.45, 7) is 3.16. The van der Waals surface area contributed by atoms with E-state index in [0.29, 0.717) is 12.2 Å². The SMILES string of the molecule is Cc1ccc2cccc(Nc3ncnc(NCCCn4ccnc4)c3[N+](=O)[O-])c2n1. The number of rotatable bonds is 8. The zero-order valence-corrected chi connectivity index (χ0v) is 16.3. The number of nitro groups is 1. The van der Waals surface area contributed by atoms with Crippen molar-refractivity contribution in [3.8, 4) is 0 Å². The Bertz CT molecular complexity index is 1180. The molecule has 10 heteroatoms. The first-order valence-corrected chi connectivity index (χ1v) is 9.44. The fraction of sp³-hybridized carbons (Fsp3) is 0.200. The van der Waals surface area contributed by atoms with Crippen LogP contribution in [-0.2, 0) is 6.54 Å². The van der Waals surface area contributed by atoms with E-state index in [-0.39, 0.29) is 17.3 Å². The molecule has 4 aromatic rings. The summed E-state index contributed by atoms with van der Waals surface area (Å²) in [4.78, 5) is 28.0. The van der Waals surface area contributed by atoms with Crippen LogP contribution in [0.15, 0.2) is 55.4 Å². The number of imidazole rings is 1. The summed E-state index contributed by atoms with van der Waals surface area (Å²) in [5.74, 6) is 0.287. The fourth-order valence-electron chi connectivity index (χ4n) is 3.13.